The molecule has 2 heterocycles. The van der Waals surface area contributed by atoms with Crippen molar-refractivity contribution in [3.63, 3.8) is 0 Å². The van der Waals surface area contributed by atoms with E-state index in [0.29, 0.717) is 11.2 Å². The van der Waals surface area contributed by atoms with Crippen molar-refractivity contribution in [2.75, 3.05) is 6.54 Å². The second-order valence-corrected chi connectivity index (χ2v) is 6.74. The van der Waals surface area contributed by atoms with E-state index in [9.17, 15) is 17.2 Å². The van der Waals surface area contributed by atoms with Gasteiger partial charge in [0.05, 0.1) is 11.9 Å². The van der Waals surface area contributed by atoms with Crippen LogP contribution in [0.1, 0.15) is 19.2 Å². The monoisotopic (exact) mass is 333 g/mol. The fraction of sp³-hybridized carbons (Fsp3) is 0.500. The third-order valence-corrected chi connectivity index (χ3v) is 4.68. The Morgan fingerprint density at radius 1 is 1.36 bits per heavy atom. The smallest absolute Gasteiger partial charge is 0.272 e. The lowest BCUT2D eigenvalue weighted by molar-refractivity contribution is 0.0541. The molecule has 2 aromatic heterocycles. The molecular formula is C12H17F2N5O2S. The highest BCUT2D eigenvalue weighted by molar-refractivity contribution is 7.89. The molecule has 0 radical (unpaired) electrons. The van der Waals surface area contributed by atoms with Crippen molar-refractivity contribution in [1.82, 2.24) is 24.3 Å². The fourth-order valence-corrected chi connectivity index (χ4v) is 3.32. The van der Waals surface area contributed by atoms with Crippen molar-refractivity contribution in [3.05, 3.63) is 30.4 Å². The van der Waals surface area contributed by atoms with Gasteiger partial charge in [0.25, 0.3) is 0 Å². The van der Waals surface area contributed by atoms with Gasteiger partial charge in [-0.1, -0.05) is 6.92 Å². The number of halogens is 2. The van der Waals surface area contributed by atoms with Crippen LogP contribution in [0.3, 0.4) is 0 Å². The van der Waals surface area contributed by atoms with Gasteiger partial charge < -0.3 is 0 Å². The molecule has 10 heteroatoms. The number of hydrogen-bond acceptors (Lipinski definition) is 4. The zero-order chi connectivity index (χ0) is 16.3. The van der Waals surface area contributed by atoms with Gasteiger partial charge in [0.2, 0.25) is 10.0 Å². The van der Waals surface area contributed by atoms with Crippen molar-refractivity contribution >= 4 is 10.0 Å². The van der Waals surface area contributed by atoms with E-state index in [-0.39, 0.29) is 23.1 Å². The molecule has 0 unspecified atom stereocenters. The number of aromatic nitrogens is 4. The molecule has 0 saturated heterocycles. The molecule has 0 fully saturated rings. The first-order valence-corrected chi connectivity index (χ1v) is 8.09. The van der Waals surface area contributed by atoms with Crippen LogP contribution in [-0.4, -0.2) is 34.5 Å². The number of sulfonamides is 1. The van der Waals surface area contributed by atoms with Crippen molar-refractivity contribution in [1.29, 1.82) is 0 Å². The maximum absolute atomic E-state index is 12.6. The zero-order valence-electron chi connectivity index (χ0n) is 12.1. The number of hydrogen-bond donors (Lipinski definition) is 1. The summed E-state index contributed by atoms with van der Waals surface area (Å²) >= 11 is 0. The molecule has 0 aliphatic carbocycles. The van der Waals surface area contributed by atoms with Gasteiger partial charge in [-0.2, -0.15) is 19.0 Å². The van der Waals surface area contributed by atoms with E-state index < -0.39 is 16.6 Å². The lowest BCUT2D eigenvalue weighted by Crippen LogP contribution is -2.30. The Bertz CT molecular complexity index is 712. The maximum atomic E-state index is 12.6. The van der Waals surface area contributed by atoms with Crippen LogP contribution in [0.5, 0.6) is 0 Å². The molecule has 0 amide bonds. The summed E-state index contributed by atoms with van der Waals surface area (Å²) in [6.07, 6.45) is 4.35. The van der Waals surface area contributed by atoms with E-state index >= 15 is 0 Å². The first-order valence-electron chi connectivity index (χ1n) is 6.60. The van der Waals surface area contributed by atoms with E-state index in [1.807, 2.05) is 6.92 Å². The van der Waals surface area contributed by atoms with Gasteiger partial charge in [0.1, 0.15) is 4.90 Å². The quantitative estimate of drug-likeness (QED) is 0.830. The average Bonchev–Trinajstić information content (AvgIpc) is 3.06. The summed E-state index contributed by atoms with van der Waals surface area (Å²) in [7, 11) is -3.87. The van der Waals surface area contributed by atoms with Gasteiger partial charge in [0, 0.05) is 25.5 Å². The van der Waals surface area contributed by atoms with Crippen LogP contribution >= 0.6 is 0 Å². The second-order valence-electron chi connectivity index (χ2n) is 5.00. The predicted octanol–water partition coefficient (Wildman–Crippen LogP) is 1.40. The van der Waals surface area contributed by atoms with Crippen LogP contribution in [0.4, 0.5) is 8.78 Å². The lowest BCUT2D eigenvalue weighted by Gasteiger charge is -2.13. The Morgan fingerprint density at radius 2 is 2.09 bits per heavy atom. The molecule has 0 aliphatic heterocycles. The van der Waals surface area contributed by atoms with Gasteiger partial charge in [-0.25, -0.2) is 17.8 Å². The first-order chi connectivity index (χ1) is 10.3. The summed E-state index contributed by atoms with van der Waals surface area (Å²) in [4.78, 5) is -0.237. The summed E-state index contributed by atoms with van der Waals surface area (Å²) < 4.78 is 54.1. The van der Waals surface area contributed by atoms with Crippen LogP contribution in [0.25, 0.3) is 0 Å². The summed E-state index contributed by atoms with van der Waals surface area (Å²) in [5, 5.41) is 7.44. The summed E-state index contributed by atoms with van der Waals surface area (Å²) in [5.74, 6) is -0.0138. The molecule has 1 N–H and O–H groups in total. The zero-order valence-corrected chi connectivity index (χ0v) is 13.0. The molecule has 2 aromatic rings. The predicted molar refractivity (Wildman–Crippen MR) is 74.8 cm³/mol. The van der Waals surface area contributed by atoms with Crippen LogP contribution < -0.4 is 4.72 Å². The van der Waals surface area contributed by atoms with Crippen LogP contribution in [-0.2, 0) is 16.6 Å². The molecule has 122 valence electrons. The number of rotatable bonds is 7. The molecule has 0 saturated carbocycles. The van der Waals surface area contributed by atoms with Crippen LogP contribution in [0, 0.1) is 12.8 Å². The summed E-state index contributed by atoms with van der Waals surface area (Å²) in [6.45, 7) is 0.995. The Hall–Kier alpha value is -1.81. The Morgan fingerprint density at radius 3 is 2.64 bits per heavy atom. The highest BCUT2D eigenvalue weighted by atomic mass is 32.2. The standard InChI is InChI=1S/C12H17F2N5O2S/c1-9(8-18-5-3-4-15-18)6-17-22(20,21)11-7-16-19(10(11)2)12(13)14/h3-5,7,9,12,17H,6,8H2,1-2H3/t9-/m0/s1. The molecule has 2 rings (SSSR count). The maximum Gasteiger partial charge on any atom is 0.333 e. The van der Waals surface area contributed by atoms with Crippen LogP contribution in [0.2, 0.25) is 0 Å². The second kappa shape index (κ2) is 6.53. The Balaban J connectivity index is 2.02. The van der Waals surface area contributed by atoms with E-state index in [1.54, 1.807) is 23.1 Å². The summed E-state index contributed by atoms with van der Waals surface area (Å²) in [6, 6.07) is 1.78. The third-order valence-electron chi connectivity index (χ3n) is 3.15. The van der Waals surface area contributed by atoms with Crippen molar-refractivity contribution in [2.45, 2.75) is 31.8 Å². The van der Waals surface area contributed by atoms with Crippen molar-refractivity contribution in [3.8, 4) is 0 Å². The normalized spacial score (nSPS) is 13.7. The molecule has 0 spiro atoms. The molecular weight excluding hydrogens is 316 g/mol. The van der Waals surface area contributed by atoms with Crippen molar-refractivity contribution < 1.29 is 17.2 Å². The number of alkyl halides is 2. The van der Waals surface area contributed by atoms with E-state index in [1.165, 1.54) is 6.92 Å². The van der Waals surface area contributed by atoms with Gasteiger partial charge in [-0.15, -0.1) is 0 Å². The van der Waals surface area contributed by atoms with Gasteiger partial charge in [-0.05, 0) is 18.9 Å². The van der Waals surface area contributed by atoms with E-state index in [2.05, 4.69) is 14.9 Å². The van der Waals surface area contributed by atoms with Crippen molar-refractivity contribution in [2.24, 2.45) is 5.92 Å². The number of nitrogens with one attached hydrogen (secondary N) is 1. The van der Waals surface area contributed by atoms with Crippen LogP contribution in [0.15, 0.2) is 29.6 Å². The molecule has 22 heavy (non-hydrogen) atoms. The topological polar surface area (TPSA) is 81.8 Å². The molecule has 7 nitrogen and oxygen atoms in total. The first kappa shape index (κ1) is 16.6. The molecule has 0 bridgehead atoms. The average molecular weight is 333 g/mol. The highest BCUT2D eigenvalue weighted by Gasteiger charge is 2.23. The molecule has 0 aliphatic rings. The summed E-state index contributed by atoms with van der Waals surface area (Å²) in [5.41, 5.74) is -0.0952. The molecule has 1 atom stereocenters. The highest BCUT2D eigenvalue weighted by Crippen LogP contribution is 2.19. The minimum atomic E-state index is -3.87. The molecule has 0 aromatic carbocycles. The SMILES string of the molecule is Cc1c(S(=O)(=O)NC[C@H](C)Cn2cccn2)cnn1C(F)F. The minimum Gasteiger partial charge on any atom is -0.272 e. The largest absolute Gasteiger partial charge is 0.333 e. The number of nitrogens with zero attached hydrogens (tertiary/aromatic N) is 4. The Kier molecular flexibility index (Phi) is 4.91. The minimum absolute atomic E-state index is 0.0138. The van der Waals surface area contributed by atoms with Gasteiger partial charge in [0.15, 0.2) is 0 Å². The van der Waals surface area contributed by atoms with Gasteiger partial charge in [-0.3, -0.25) is 4.68 Å². The van der Waals surface area contributed by atoms with E-state index in [0.717, 1.165) is 6.20 Å². The van der Waals surface area contributed by atoms with E-state index in [4.69, 9.17) is 0 Å². The lowest BCUT2D eigenvalue weighted by atomic mass is 10.2. The third kappa shape index (κ3) is 3.69. The Labute approximate surface area is 127 Å². The fourth-order valence-electron chi connectivity index (χ4n) is 1.99. The van der Waals surface area contributed by atoms with Gasteiger partial charge >= 0.3 is 6.55 Å².